The highest BCUT2D eigenvalue weighted by Gasteiger charge is 2.31. The van der Waals surface area contributed by atoms with Crippen molar-refractivity contribution in [2.75, 3.05) is 23.7 Å². The van der Waals surface area contributed by atoms with Crippen LogP contribution in [0.3, 0.4) is 0 Å². The number of rotatable bonds is 10. The minimum absolute atomic E-state index is 0.284. The average molecular weight is 447 g/mol. The molecule has 0 aliphatic carbocycles. The molecule has 0 spiro atoms. The Kier molecular flexibility index (Phi) is 8.51. The van der Waals surface area contributed by atoms with Crippen LogP contribution in [0.5, 0.6) is 5.75 Å². The van der Waals surface area contributed by atoms with Crippen molar-refractivity contribution >= 4 is 21.6 Å². The number of aryl methyl sites for hydroxylation is 2. The summed E-state index contributed by atoms with van der Waals surface area (Å²) in [6.45, 7) is 10.5. The Bertz CT molecular complexity index is 1000. The van der Waals surface area contributed by atoms with E-state index < -0.39 is 16.1 Å². The molecular formula is C24H34N2O4S. The van der Waals surface area contributed by atoms with Gasteiger partial charge in [-0.05, 0) is 61.1 Å². The highest BCUT2D eigenvalue weighted by molar-refractivity contribution is 7.92. The van der Waals surface area contributed by atoms with Gasteiger partial charge >= 0.3 is 0 Å². The summed E-state index contributed by atoms with van der Waals surface area (Å²) < 4.78 is 32.2. The fourth-order valence-corrected chi connectivity index (χ4v) is 4.67. The molecule has 170 valence electrons. The van der Waals surface area contributed by atoms with Crippen molar-refractivity contribution in [3.8, 4) is 5.75 Å². The third-order valence-electron chi connectivity index (χ3n) is 5.27. The number of nitrogens with one attached hydrogen (secondary N) is 1. The molecule has 1 amide bonds. The van der Waals surface area contributed by atoms with E-state index in [0.717, 1.165) is 28.7 Å². The molecule has 0 aromatic heterocycles. The summed E-state index contributed by atoms with van der Waals surface area (Å²) in [7, 11) is -3.65. The van der Waals surface area contributed by atoms with Crippen molar-refractivity contribution in [1.82, 2.24) is 5.32 Å². The molecule has 0 heterocycles. The molecular weight excluding hydrogens is 412 g/mol. The number of sulfonamides is 1. The summed E-state index contributed by atoms with van der Waals surface area (Å²) in [5.41, 5.74) is 3.64. The van der Waals surface area contributed by atoms with Crippen molar-refractivity contribution < 1.29 is 17.9 Å². The van der Waals surface area contributed by atoms with Crippen molar-refractivity contribution in [2.24, 2.45) is 0 Å². The Morgan fingerprint density at radius 3 is 2.35 bits per heavy atom. The summed E-state index contributed by atoms with van der Waals surface area (Å²) >= 11 is 0. The Labute approximate surface area is 186 Å². The maximum atomic E-state index is 12.9. The van der Waals surface area contributed by atoms with Crippen LogP contribution in [-0.4, -0.2) is 39.8 Å². The van der Waals surface area contributed by atoms with Gasteiger partial charge in [-0.3, -0.25) is 9.10 Å². The number of carbonyl (C=O) groups is 1. The SMILES string of the molecule is CCC(C(=O)NCCOc1ccccc1C(C)C)N(c1ccc(C)c(C)c1)S(C)(=O)=O. The molecule has 0 saturated carbocycles. The van der Waals surface area contributed by atoms with Gasteiger partial charge in [-0.1, -0.05) is 45.0 Å². The van der Waals surface area contributed by atoms with Crippen molar-refractivity contribution in [3.63, 3.8) is 0 Å². The molecule has 1 N–H and O–H groups in total. The minimum atomic E-state index is -3.65. The van der Waals surface area contributed by atoms with Gasteiger partial charge in [0.15, 0.2) is 0 Å². The van der Waals surface area contributed by atoms with Crippen LogP contribution in [0.15, 0.2) is 42.5 Å². The quantitative estimate of drug-likeness (QED) is 0.556. The lowest BCUT2D eigenvalue weighted by atomic mass is 10.0. The zero-order valence-corrected chi connectivity index (χ0v) is 20.1. The number of nitrogens with zero attached hydrogens (tertiary/aromatic N) is 1. The van der Waals surface area contributed by atoms with Gasteiger partial charge in [0.1, 0.15) is 18.4 Å². The molecule has 1 atom stereocenters. The van der Waals surface area contributed by atoms with Gasteiger partial charge < -0.3 is 10.1 Å². The maximum Gasteiger partial charge on any atom is 0.244 e. The third-order valence-corrected chi connectivity index (χ3v) is 6.45. The lowest BCUT2D eigenvalue weighted by molar-refractivity contribution is -0.122. The first kappa shape index (κ1) is 24.7. The van der Waals surface area contributed by atoms with E-state index in [4.69, 9.17) is 4.74 Å². The Morgan fingerprint density at radius 1 is 1.10 bits per heavy atom. The number of ether oxygens (including phenoxy) is 1. The molecule has 2 aromatic carbocycles. The summed E-state index contributed by atoms with van der Waals surface area (Å²) in [4.78, 5) is 12.9. The molecule has 0 radical (unpaired) electrons. The van der Waals surface area contributed by atoms with Crippen LogP contribution < -0.4 is 14.4 Å². The number of hydrogen-bond donors (Lipinski definition) is 1. The minimum Gasteiger partial charge on any atom is -0.491 e. The van der Waals surface area contributed by atoms with E-state index in [1.807, 2.05) is 44.2 Å². The van der Waals surface area contributed by atoms with Crippen molar-refractivity contribution in [3.05, 3.63) is 59.2 Å². The molecule has 1 unspecified atom stereocenters. The number of benzene rings is 2. The molecule has 0 fully saturated rings. The zero-order chi connectivity index (χ0) is 23.2. The lowest BCUT2D eigenvalue weighted by Crippen LogP contribution is -2.50. The topological polar surface area (TPSA) is 75.7 Å². The second-order valence-corrected chi connectivity index (χ2v) is 9.94. The van der Waals surface area contributed by atoms with Crippen LogP contribution in [0.4, 0.5) is 5.69 Å². The molecule has 0 aliphatic heterocycles. The molecule has 6 nitrogen and oxygen atoms in total. The van der Waals surface area contributed by atoms with Crippen LogP contribution in [0, 0.1) is 13.8 Å². The van der Waals surface area contributed by atoms with E-state index >= 15 is 0 Å². The van der Waals surface area contributed by atoms with Gasteiger partial charge in [0.2, 0.25) is 15.9 Å². The van der Waals surface area contributed by atoms with Crippen LogP contribution in [0.1, 0.15) is 49.8 Å². The molecule has 7 heteroatoms. The first-order chi connectivity index (χ1) is 14.6. The highest BCUT2D eigenvalue weighted by atomic mass is 32.2. The summed E-state index contributed by atoms with van der Waals surface area (Å²) in [5.74, 6) is 0.787. The van der Waals surface area contributed by atoms with Gasteiger partial charge in [0.05, 0.1) is 18.5 Å². The Hall–Kier alpha value is -2.54. The van der Waals surface area contributed by atoms with E-state index in [1.54, 1.807) is 19.1 Å². The number of carbonyl (C=O) groups excluding carboxylic acids is 1. The van der Waals surface area contributed by atoms with Crippen LogP contribution in [-0.2, 0) is 14.8 Å². The highest BCUT2D eigenvalue weighted by Crippen LogP contribution is 2.26. The fourth-order valence-electron chi connectivity index (χ4n) is 3.46. The fraction of sp³-hybridized carbons (Fsp3) is 0.458. The number of para-hydroxylation sites is 1. The third kappa shape index (κ3) is 6.47. The monoisotopic (exact) mass is 446 g/mol. The molecule has 0 saturated heterocycles. The number of anilines is 1. The summed E-state index contributed by atoms with van der Waals surface area (Å²) in [5, 5.41) is 2.83. The van der Waals surface area contributed by atoms with Gasteiger partial charge in [-0.15, -0.1) is 0 Å². The molecule has 0 aliphatic rings. The number of hydrogen-bond acceptors (Lipinski definition) is 4. The standard InChI is InChI=1S/C24H34N2O4S/c1-7-22(26(31(6,28)29)20-13-12-18(4)19(5)16-20)24(27)25-14-15-30-23-11-9-8-10-21(23)17(2)3/h8-13,16-17,22H,7,14-15H2,1-6H3,(H,25,27). The predicted molar refractivity (Wildman–Crippen MR) is 126 cm³/mol. The first-order valence-corrected chi connectivity index (χ1v) is 12.5. The predicted octanol–water partition coefficient (Wildman–Crippen LogP) is 4.17. The van der Waals surface area contributed by atoms with Gasteiger partial charge in [0.25, 0.3) is 0 Å². The van der Waals surface area contributed by atoms with Crippen LogP contribution in [0.25, 0.3) is 0 Å². The molecule has 2 aromatic rings. The average Bonchev–Trinajstić information content (AvgIpc) is 2.70. The van der Waals surface area contributed by atoms with Gasteiger partial charge in [-0.25, -0.2) is 8.42 Å². The maximum absolute atomic E-state index is 12.9. The summed E-state index contributed by atoms with van der Waals surface area (Å²) in [6, 6.07) is 12.4. The normalized spacial score (nSPS) is 12.5. The van der Waals surface area contributed by atoms with Crippen molar-refractivity contribution in [1.29, 1.82) is 0 Å². The van der Waals surface area contributed by atoms with E-state index in [0.29, 0.717) is 24.6 Å². The van der Waals surface area contributed by atoms with E-state index in [2.05, 4.69) is 19.2 Å². The second-order valence-electron chi connectivity index (χ2n) is 8.08. The summed E-state index contributed by atoms with van der Waals surface area (Å²) in [6.07, 6.45) is 1.48. The number of amides is 1. The van der Waals surface area contributed by atoms with Gasteiger partial charge in [-0.2, -0.15) is 0 Å². The van der Waals surface area contributed by atoms with E-state index in [-0.39, 0.29) is 12.5 Å². The second kappa shape index (κ2) is 10.7. The van der Waals surface area contributed by atoms with Gasteiger partial charge in [0, 0.05) is 0 Å². The van der Waals surface area contributed by atoms with Crippen LogP contribution in [0.2, 0.25) is 0 Å². The molecule has 0 bridgehead atoms. The van der Waals surface area contributed by atoms with E-state index in [1.165, 1.54) is 4.31 Å². The Balaban J connectivity index is 2.09. The van der Waals surface area contributed by atoms with E-state index in [9.17, 15) is 13.2 Å². The zero-order valence-electron chi connectivity index (χ0n) is 19.3. The Morgan fingerprint density at radius 2 is 1.77 bits per heavy atom. The lowest BCUT2D eigenvalue weighted by Gasteiger charge is -2.30. The smallest absolute Gasteiger partial charge is 0.244 e. The van der Waals surface area contributed by atoms with Crippen LogP contribution >= 0.6 is 0 Å². The molecule has 31 heavy (non-hydrogen) atoms. The largest absolute Gasteiger partial charge is 0.491 e. The first-order valence-electron chi connectivity index (χ1n) is 10.6. The molecule has 2 rings (SSSR count). The van der Waals surface area contributed by atoms with Crippen molar-refractivity contribution in [2.45, 2.75) is 53.0 Å².